The first kappa shape index (κ1) is 25.0. The maximum Gasteiger partial charge on any atom is 0.231 e. The van der Waals surface area contributed by atoms with Crippen LogP contribution in [-0.4, -0.2) is 45.3 Å². The van der Waals surface area contributed by atoms with Crippen LogP contribution in [-0.2, 0) is 13.0 Å². The van der Waals surface area contributed by atoms with Gasteiger partial charge in [-0.15, -0.1) is 0 Å². The molecule has 0 aromatic heterocycles. The summed E-state index contributed by atoms with van der Waals surface area (Å²) in [4.78, 5) is 15.6. The van der Waals surface area contributed by atoms with Crippen LogP contribution >= 0.6 is 11.6 Å². The number of halogens is 1. The van der Waals surface area contributed by atoms with Gasteiger partial charge in [0.2, 0.25) is 11.5 Å². The van der Waals surface area contributed by atoms with Crippen LogP contribution in [0, 0.1) is 6.92 Å². The Morgan fingerprint density at radius 3 is 2.46 bits per heavy atom. The van der Waals surface area contributed by atoms with Gasteiger partial charge in [0.25, 0.3) is 0 Å². The van der Waals surface area contributed by atoms with Gasteiger partial charge in [-0.05, 0) is 55.3 Å². The SMILES string of the molecule is COc1ccc(/C=C2\Oc3c(cc4c(c3C)OCN(CCc3ccc(Cl)cc3)C4)C2=O)c(OC)c1OC. The molecule has 0 N–H and O–H groups in total. The number of nitrogens with zero attached hydrogens (tertiary/aromatic N) is 1. The molecule has 0 aliphatic carbocycles. The zero-order valence-corrected chi connectivity index (χ0v) is 22.0. The van der Waals surface area contributed by atoms with Crippen molar-refractivity contribution in [2.45, 2.75) is 19.9 Å². The Bertz CT molecular complexity index is 1380. The number of hydrogen-bond acceptors (Lipinski definition) is 7. The lowest BCUT2D eigenvalue weighted by atomic mass is 9.99. The highest BCUT2D eigenvalue weighted by molar-refractivity contribution is 6.30. The largest absolute Gasteiger partial charge is 0.493 e. The minimum Gasteiger partial charge on any atom is -0.493 e. The Morgan fingerprint density at radius 1 is 1.00 bits per heavy atom. The summed E-state index contributed by atoms with van der Waals surface area (Å²) in [6, 6.07) is 13.3. The molecule has 0 saturated carbocycles. The number of ketones is 1. The number of carbonyl (C=O) groups excluding carboxylic acids is 1. The second-order valence-electron chi connectivity index (χ2n) is 8.93. The topological polar surface area (TPSA) is 66.5 Å². The van der Waals surface area contributed by atoms with Crippen LogP contribution in [0.15, 0.2) is 48.2 Å². The molecule has 0 amide bonds. The van der Waals surface area contributed by atoms with E-state index in [2.05, 4.69) is 4.90 Å². The highest BCUT2D eigenvalue weighted by atomic mass is 35.5. The molecule has 37 heavy (non-hydrogen) atoms. The molecule has 2 aliphatic rings. The van der Waals surface area contributed by atoms with Crippen molar-refractivity contribution in [3.8, 4) is 28.7 Å². The van der Waals surface area contributed by atoms with Gasteiger partial charge < -0.3 is 23.7 Å². The van der Waals surface area contributed by atoms with Crippen molar-refractivity contribution < 1.29 is 28.5 Å². The van der Waals surface area contributed by atoms with E-state index in [0.717, 1.165) is 34.9 Å². The fourth-order valence-electron chi connectivity index (χ4n) is 4.76. The molecule has 0 bridgehead atoms. The quantitative estimate of drug-likeness (QED) is 0.370. The Balaban J connectivity index is 1.39. The van der Waals surface area contributed by atoms with Gasteiger partial charge in [0, 0.05) is 34.8 Å². The highest BCUT2D eigenvalue weighted by Gasteiger charge is 2.34. The standard InChI is InChI=1S/C29H28ClNO6/c1-17-26-20(15-31(16-36-26)12-11-18-5-8-21(30)9-6-18)13-22-25(32)24(37-27(17)22)14-19-7-10-23(33-2)29(35-4)28(19)34-3/h5-10,13-14H,11-12,15-16H2,1-4H3/b24-14-. The second kappa shape index (κ2) is 10.4. The van der Waals surface area contributed by atoms with E-state index in [-0.39, 0.29) is 11.5 Å². The molecule has 2 heterocycles. The summed E-state index contributed by atoms with van der Waals surface area (Å²) in [5.74, 6) is 2.77. The number of ether oxygens (including phenoxy) is 5. The summed E-state index contributed by atoms with van der Waals surface area (Å²) in [7, 11) is 4.64. The molecule has 0 fully saturated rings. The van der Waals surface area contributed by atoms with Gasteiger partial charge in [0.15, 0.2) is 17.3 Å². The number of allylic oxidation sites excluding steroid dienone is 1. The first-order chi connectivity index (χ1) is 17.9. The van der Waals surface area contributed by atoms with Gasteiger partial charge >= 0.3 is 0 Å². The van der Waals surface area contributed by atoms with Crippen LogP contribution < -0.4 is 23.7 Å². The molecule has 0 atom stereocenters. The van der Waals surface area contributed by atoms with Crippen molar-refractivity contribution in [2.24, 2.45) is 0 Å². The minimum atomic E-state index is -0.184. The number of fused-ring (bicyclic) bond motifs is 2. The molecular formula is C29H28ClNO6. The Labute approximate surface area is 221 Å². The van der Waals surface area contributed by atoms with Gasteiger partial charge in [-0.3, -0.25) is 9.69 Å². The molecule has 0 unspecified atom stereocenters. The molecule has 0 spiro atoms. The van der Waals surface area contributed by atoms with Crippen molar-refractivity contribution in [3.63, 3.8) is 0 Å². The summed E-state index contributed by atoms with van der Waals surface area (Å²) in [6.07, 6.45) is 2.54. The van der Waals surface area contributed by atoms with E-state index in [9.17, 15) is 4.79 Å². The zero-order chi connectivity index (χ0) is 26.1. The van der Waals surface area contributed by atoms with Crippen molar-refractivity contribution in [1.82, 2.24) is 4.90 Å². The highest BCUT2D eigenvalue weighted by Crippen LogP contribution is 2.45. The Hall–Kier alpha value is -3.68. The lowest BCUT2D eigenvalue weighted by molar-refractivity contribution is 0.0954. The van der Waals surface area contributed by atoms with Crippen molar-refractivity contribution in [3.05, 3.63) is 81.1 Å². The number of hydrogen-bond donors (Lipinski definition) is 0. The second-order valence-corrected chi connectivity index (χ2v) is 9.37. The van der Waals surface area contributed by atoms with Crippen molar-refractivity contribution in [2.75, 3.05) is 34.6 Å². The minimum absolute atomic E-state index is 0.184. The molecule has 0 radical (unpaired) electrons. The third-order valence-electron chi connectivity index (χ3n) is 6.65. The Kier molecular flexibility index (Phi) is 7.00. The number of methoxy groups -OCH3 is 3. The summed E-state index contributed by atoms with van der Waals surface area (Å²) in [6.45, 7) is 3.91. The molecule has 2 aliphatic heterocycles. The maximum atomic E-state index is 13.4. The number of carbonyl (C=O) groups is 1. The predicted molar refractivity (Wildman–Crippen MR) is 141 cm³/mol. The molecule has 192 valence electrons. The predicted octanol–water partition coefficient (Wildman–Crippen LogP) is 5.69. The zero-order valence-electron chi connectivity index (χ0n) is 21.2. The molecule has 0 saturated heterocycles. The fourth-order valence-corrected chi connectivity index (χ4v) is 4.88. The summed E-state index contributed by atoms with van der Waals surface area (Å²) in [5, 5.41) is 0.730. The number of Topliss-reactive ketones (excluding diaryl/α,β-unsaturated/α-hetero) is 1. The van der Waals surface area contributed by atoms with Crippen molar-refractivity contribution >= 4 is 23.5 Å². The van der Waals surface area contributed by atoms with Crippen LogP contribution in [0.2, 0.25) is 5.02 Å². The third kappa shape index (κ3) is 4.72. The van der Waals surface area contributed by atoms with Crippen molar-refractivity contribution in [1.29, 1.82) is 0 Å². The van der Waals surface area contributed by atoms with E-state index in [1.807, 2.05) is 37.3 Å². The van der Waals surface area contributed by atoms with Crippen LogP contribution in [0.25, 0.3) is 6.08 Å². The van der Waals surface area contributed by atoms with Crippen LogP contribution in [0.5, 0.6) is 28.7 Å². The lowest BCUT2D eigenvalue weighted by Crippen LogP contribution is -2.34. The van der Waals surface area contributed by atoms with Crippen LogP contribution in [0.4, 0.5) is 0 Å². The molecule has 5 rings (SSSR count). The van der Waals surface area contributed by atoms with Gasteiger partial charge in [-0.2, -0.15) is 0 Å². The van der Waals surface area contributed by atoms with Gasteiger partial charge in [-0.25, -0.2) is 0 Å². The van der Waals surface area contributed by atoms with E-state index < -0.39 is 0 Å². The molecule has 7 nitrogen and oxygen atoms in total. The lowest BCUT2D eigenvalue weighted by Gasteiger charge is -2.30. The van der Waals surface area contributed by atoms with E-state index >= 15 is 0 Å². The van der Waals surface area contributed by atoms with E-state index in [0.29, 0.717) is 47.4 Å². The summed E-state index contributed by atoms with van der Waals surface area (Å²) in [5.41, 5.74) is 4.18. The summed E-state index contributed by atoms with van der Waals surface area (Å²) < 4.78 is 28.6. The average molecular weight is 522 g/mol. The fraction of sp³-hybridized carbons (Fsp3) is 0.276. The van der Waals surface area contributed by atoms with Gasteiger partial charge in [-0.1, -0.05) is 23.7 Å². The number of benzene rings is 3. The smallest absolute Gasteiger partial charge is 0.231 e. The number of rotatable bonds is 7. The maximum absolute atomic E-state index is 13.4. The van der Waals surface area contributed by atoms with E-state index in [1.165, 1.54) is 12.7 Å². The van der Waals surface area contributed by atoms with Gasteiger partial charge in [0.1, 0.15) is 18.2 Å². The first-order valence-corrected chi connectivity index (χ1v) is 12.3. The van der Waals surface area contributed by atoms with Gasteiger partial charge in [0.05, 0.1) is 26.9 Å². The normalized spacial score (nSPS) is 15.6. The molecule has 3 aromatic carbocycles. The molecule has 3 aromatic rings. The average Bonchev–Trinajstić information content (AvgIpc) is 3.23. The monoisotopic (exact) mass is 521 g/mol. The van der Waals surface area contributed by atoms with Crippen LogP contribution in [0.3, 0.4) is 0 Å². The van der Waals surface area contributed by atoms with E-state index in [4.69, 9.17) is 35.3 Å². The molecular weight excluding hydrogens is 494 g/mol. The Morgan fingerprint density at radius 2 is 1.76 bits per heavy atom. The summed E-state index contributed by atoms with van der Waals surface area (Å²) >= 11 is 6.00. The van der Waals surface area contributed by atoms with Crippen LogP contribution in [0.1, 0.15) is 32.6 Å². The molecule has 8 heteroatoms. The van der Waals surface area contributed by atoms with E-state index in [1.54, 1.807) is 32.4 Å². The first-order valence-electron chi connectivity index (χ1n) is 11.9. The third-order valence-corrected chi connectivity index (χ3v) is 6.91.